The fourth-order valence-electron chi connectivity index (χ4n) is 3.41. The fraction of sp³-hybridized carbons (Fsp3) is 0.474. The number of hydrogen-bond donors (Lipinski definition) is 1. The maximum atomic E-state index is 13.4. The van der Waals surface area contributed by atoms with Gasteiger partial charge in [0.25, 0.3) is 0 Å². The number of carbonyl (C=O) groups is 1. The summed E-state index contributed by atoms with van der Waals surface area (Å²) in [5.41, 5.74) is 1.79. The van der Waals surface area contributed by atoms with Crippen LogP contribution in [0.25, 0.3) is 10.9 Å². The van der Waals surface area contributed by atoms with Gasteiger partial charge in [-0.05, 0) is 43.4 Å². The first-order valence-electron chi connectivity index (χ1n) is 8.73. The molecule has 1 fully saturated rings. The Morgan fingerprint density at radius 1 is 1.42 bits per heavy atom. The van der Waals surface area contributed by atoms with E-state index in [4.69, 9.17) is 0 Å². The first-order valence-corrected chi connectivity index (χ1v) is 8.73. The van der Waals surface area contributed by atoms with Gasteiger partial charge in [0.1, 0.15) is 5.82 Å². The van der Waals surface area contributed by atoms with Crippen molar-refractivity contribution in [1.29, 1.82) is 0 Å². The zero-order valence-corrected chi connectivity index (χ0v) is 14.1. The van der Waals surface area contributed by atoms with E-state index in [1.165, 1.54) is 12.1 Å². The Morgan fingerprint density at radius 2 is 2.29 bits per heavy atom. The summed E-state index contributed by atoms with van der Waals surface area (Å²) in [6, 6.07) is 6.77. The van der Waals surface area contributed by atoms with Crippen molar-refractivity contribution in [3.05, 3.63) is 36.3 Å². The first kappa shape index (κ1) is 16.7. The summed E-state index contributed by atoms with van der Waals surface area (Å²) < 4.78 is 13.4. The van der Waals surface area contributed by atoms with E-state index >= 15 is 0 Å². The summed E-state index contributed by atoms with van der Waals surface area (Å²) in [6.45, 7) is 4.63. The molecule has 0 saturated carbocycles. The Labute approximate surface area is 142 Å². The zero-order valence-electron chi connectivity index (χ0n) is 14.1. The highest BCUT2D eigenvalue weighted by molar-refractivity contribution is 5.91. The van der Waals surface area contributed by atoms with Crippen molar-refractivity contribution in [3.8, 4) is 0 Å². The molecule has 3 rings (SSSR count). The minimum absolute atomic E-state index is 0.138. The van der Waals surface area contributed by atoms with E-state index in [9.17, 15) is 9.18 Å². The van der Waals surface area contributed by atoms with Crippen LogP contribution >= 0.6 is 0 Å². The number of piperidine rings is 1. The average molecular weight is 329 g/mol. The standard InChI is InChI=1S/C19H24FN3O/c1-2-4-19(24)22-12-14-5-3-10-23(13-14)18-8-9-21-17-11-15(20)6-7-16(17)18/h6-9,11,14H,2-5,10,12-13H2,1H3,(H,22,24). The molecule has 1 atom stereocenters. The van der Waals surface area contributed by atoms with Gasteiger partial charge in [-0.3, -0.25) is 9.78 Å². The summed E-state index contributed by atoms with van der Waals surface area (Å²) in [7, 11) is 0. The number of anilines is 1. The second kappa shape index (κ2) is 7.60. The smallest absolute Gasteiger partial charge is 0.219 e. The number of carbonyl (C=O) groups excluding carboxylic acids is 1. The van der Waals surface area contributed by atoms with Crippen molar-refractivity contribution in [3.63, 3.8) is 0 Å². The van der Waals surface area contributed by atoms with Gasteiger partial charge in [0, 0.05) is 49.4 Å². The van der Waals surface area contributed by atoms with Gasteiger partial charge >= 0.3 is 0 Å². The number of halogens is 1. The molecule has 4 nitrogen and oxygen atoms in total. The molecule has 1 aliphatic rings. The monoisotopic (exact) mass is 329 g/mol. The van der Waals surface area contributed by atoms with Crippen LogP contribution in [0.15, 0.2) is 30.5 Å². The number of benzene rings is 1. The van der Waals surface area contributed by atoms with Crippen LogP contribution in [-0.2, 0) is 4.79 Å². The Morgan fingerprint density at radius 3 is 3.12 bits per heavy atom. The molecule has 1 saturated heterocycles. The maximum absolute atomic E-state index is 13.4. The van der Waals surface area contributed by atoms with Gasteiger partial charge in [-0.25, -0.2) is 4.39 Å². The third kappa shape index (κ3) is 3.83. The Hall–Kier alpha value is -2.17. The van der Waals surface area contributed by atoms with E-state index in [0.717, 1.165) is 50.0 Å². The third-order valence-corrected chi connectivity index (χ3v) is 4.61. The lowest BCUT2D eigenvalue weighted by molar-refractivity contribution is -0.121. The van der Waals surface area contributed by atoms with E-state index in [1.54, 1.807) is 12.3 Å². The van der Waals surface area contributed by atoms with Crippen LogP contribution in [0, 0.1) is 11.7 Å². The summed E-state index contributed by atoms with van der Waals surface area (Å²) in [4.78, 5) is 18.3. The Bertz CT molecular complexity index is 719. The fourth-order valence-corrected chi connectivity index (χ4v) is 3.41. The van der Waals surface area contributed by atoms with Crippen molar-refractivity contribution in [1.82, 2.24) is 10.3 Å². The minimum atomic E-state index is -0.262. The van der Waals surface area contributed by atoms with Gasteiger partial charge in [0.2, 0.25) is 5.91 Å². The molecule has 0 aliphatic carbocycles. The van der Waals surface area contributed by atoms with Crippen LogP contribution in [-0.4, -0.2) is 30.5 Å². The van der Waals surface area contributed by atoms with Crippen LogP contribution < -0.4 is 10.2 Å². The molecular weight excluding hydrogens is 305 g/mol. The highest BCUT2D eigenvalue weighted by Crippen LogP contribution is 2.29. The summed E-state index contributed by atoms with van der Waals surface area (Å²) in [5, 5.41) is 4.02. The Kier molecular flexibility index (Phi) is 5.28. The van der Waals surface area contributed by atoms with Crippen LogP contribution in [0.4, 0.5) is 10.1 Å². The highest BCUT2D eigenvalue weighted by atomic mass is 19.1. The molecule has 1 aromatic carbocycles. The lowest BCUT2D eigenvalue weighted by Crippen LogP contribution is -2.41. The van der Waals surface area contributed by atoms with Gasteiger partial charge in [-0.15, -0.1) is 0 Å². The van der Waals surface area contributed by atoms with Crippen molar-refractivity contribution in [2.24, 2.45) is 5.92 Å². The number of nitrogens with one attached hydrogen (secondary N) is 1. The molecule has 0 bridgehead atoms. The lowest BCUT2D eigenvalue weighted by Gasteiger charge is -2.35. The largest absolute Gasteiger partial charge is 0.371 e. The first-order chi connectivity index (χ1) is 11.7. The number of rotatable bonds is 5. The van der Waals surface area contributed by atoms with E-state index in [1.807, 2.05) is 13.0 Å². The predicted octanol–water partition coefficient (Wildman–Crippen LogP) is 3.51. The second-order valence-corrected chi connectivity index (χ2v) is 6.50. The molecule has 24 heavy (non-hydrogen) atoms. The molecule has 128 valence electrons. The van der Waals surface area contributed by atoms with E-state index in [2.05, 4.69) is 15.2 Å². The van der Waals surface area contributed by atoms with Gasteiger partial charge in [0.05, 0.1) is 5.52 Å². The van der Waals surface area contributed by atoms with E-state index in [0.29, 0.717) is 17.9 Å². The number of amides is 1. The zero-order chi connectivity index (χ0) is 16.9. The van der Waals surface area contributed by atoms with E-state index in [-0.39, 0.29) is 11.7 Å². The molecule has 1 aromatic heterocycles. The average Bonchev–Trinajstić information content (AvgIpc) is 2.60. The van der Waals surface area contributed by atoms with Crippen molar-refractivity contribution < 1.29 is 9.18 Å². The number of nitrogens with zero attached hydrogens (tertiary/aromatic N) is 2. The van der Waals surface area contributed by atoms with Crippen molar-refractivity contribution in [2.45, 2.75) is 32.6 Å². The maximum Gasteiger partial charge on any atom is 0.219 e. The van der Waals surface area contributed by atoms with Crippen molar-refractivity contribution in [2.75, 3.05) is 24.5 Å². The normalized spacial score (nSPS) is 17.9. The molecule has 2 aromatic rings. The van der Waals surface area contributed by atoms with Crippen LogP contribution in [0.5, 0.6) is 0 Å². The number of aromatic nitrogens is 1. The number of pyridine rings is 1. The number of hydrogen-bond acceptors (Lipinski definition) is 3. The minimum Gasteiger partial charge on any atom is -0.371 e. The molecule has 2 heterocycles. The van der Waals surface area contributed by atoms with Gasteiger partial charge in [-0.2, -0.15) is 0 Å². The third-order valence-electron chi connectivity index (χ3n) is 4.61. The van der Waals surface area contributed by atoms with Gasteiger partial charge < -0.3 is 10.2 Å². The SMILES string of the molecule is CCCC(=O)NCC1CCCN(c2ccnc3cc(F)ccc23)C1. The van der Waals surface area contributed by atoms with E-state index < -0.39 is 0 Å². The molecule has 0 spiro atoms. The molecular formula is C19H24FN3O. The molecule has 1 aliphatic heterocycles. The van der Waals surface area contributed by atoms with Gasteiger partial charge in [0.15, 0.2) is 0 Å². The quantitative estimate of drug-likeness (QED) is 0.913. The highest BCUT2D eigenvalue weighted by Gasteiger charge is 2.22. The summed E-state index contributed by atoms with van der Waals surface area (Å²) in [5.74, 6) is 0.324. The summed E-state index contributed by atoms with van der Waals surface area (Å²) >= 11 is 0. The van der Waals surface area contributed by atoms with Gasteiger partial charge in [-0.1, -0.05) is 6.92 Å². The molecule has 1 N–H and O–H groups in total. The second-order valence-electron chi connectivity index (χ2n) is 6.50. The number of fused-ring (bicyclic) bond motifs is 1. The summed E-state index contributed by atoms with van der Waals surface area (Å²) in [6.07, 6.45) is 5.43. The molecule has 1 amide bonds. The van der Waals surface area contributed by atoms with Crippen LogP contribution in [0.1, 0.15) is 32.6 Å². The lowest BCUT2D eigenvalue weighted by atomic mass is 9.97. The molecule has 5 heteroatoms. The Balaban J connectivity index is 1.72. The molecule has 0 radical (unpaired) electrons. The van der Waals surface area contributed by atoms with Crippen LogP contribution in [0.3, 0.4) is 0 Å². The topological polar surface area (TPSA) is 45.2 Å². The molecule has 1 unspecified atom stereocenters. The van der Waals surface area contributed by atoms with Crippen molar-refractivity contribution >= 4 is 22.5 Å². The predicted molar refractivity (Wildman–Crippen MR) is 94.6 cm³/mol. The van der Waals surface area contributed by atoms with Crippen LogP contribution in [0.2, 0.25) is 0 Å².